The number of aryl methyl sites for hydroxylation is 1. The van der Waals surface area contributed by atoms with Crippen LogP contribution in [0.3, 0.4) is 0 Å². The first-order valence-corrected chi connectivity index (χ1v) is 10.1. The number of hydrogen-bond donors (Lipinski definition) is 0. The first-order chi connectivity index (χ1) is 13.7. The van der Waals surface area contributed by atoms with E-state index >= 15 is 0 Å². The standard InChI is InChI=1S/C20H22N6OS/c1-16-21-22-23-26(16)19(14-17-6-3-2-4-7-17)20(27)25-11-9-24(10-12-25)15-18-8-5-13-28-18/h2-8,13-14H,9-12,15H2,1H3/b19-14-. The summed E-state index contributed by atoms with van der Waals surface area (Å²) in [5.74, 6) is 0.543. The molecule has 1 saturated heterocycles. The Bertz CT molecular complexity index is 942. The monoisotopic (exact) mass is 394 g/mol. The van der Waals surface area contributed by atoms with Gasteiger partial charge in [-0.15, -0.1) is 16.4 Å². The van der Waals surface area contributed by atoms with E-state index in [4.69, 9.17) is 0 Å². The molecule has 1 amide bonds. The van der Waals surface area contributed by atoms with Crippen LogP contribution in [-0.4, -0.2) is 62.1 Å². The summed E-state index contributed by atoms with van der Waals surface area (Å²) in [6, 6.07) is 14.0. The SMILES string of the molecule is Cc1nnnn1/C(=C\c1ccccc1)C(=O)N1CCN(Cc2cccs2)CC1. The first-order valence-electron chi connectivity index (χ1n) is 9.27. The normalized spacial score (nSPS) is 15.8. The number of benzene rings is 1. The average molecular weight is 395 g/mol. The predicted octanol–water partition coefficient (Wildman–Crippen LogP) is 2.39. The van der Waals surface area contributed by atoms with Gasteiger partial charge in [0.25, 0.3) is 5.91 Å². The van der Waals surface area contributed by atoms with E-state index in [1.165, 1.54) is 9.56 Å². The highest BCUT2D eigenvalue weighted by Crippen LogP contribution is 2.18. The minimum absolute atomic E-state index is 0.0463. The highest BCUT2D eigenvalue weighted by atomic mass is 32.1. The van der Waals surface area contributed by atoms with Gasteiger partial charge < -0.3 is 4.90 Å². The molecule has 1 aliphatic rings. The third-order valence-electron chi connectivity index (χ3n) is 4.79. The molecule has 0 bridgehead atoms. The summed E-state index contributed by atoms with van der Waals surface area (Å²) in [5.41, 5.74) is 1.41. The summed E-state index contributed by atoms with van der Waals surface area (Å²) in [7, 11) is 0. The Morgan fingerprint density at radius 3 is 2.54 bits per heavy atom. The van der Waals surface area contributed by atoms with E-state index in [9.17, 15) is 4.79 Å². The van der Waals surface area contributed by atoms with Crippen LogP contribution in [0.25, 0.3) is 11.8 Å². The molecule has 1 fully saturated rings. The van der Waals surface area contributed by atoms with Crippen LogP contribution in [0.4, 0.5) is 0 Å². The second-order valence-electron chi connectivity index (χ2n) is 6.73. The number of tetrazole rings is 1. The average Bonchev–Trinajstić information content (AvgIpc) is 3.39. The second-order valence-corrected chi connectivity index (χ2v) is 7.76. The molecule has 0 N–H and O–H groups in total. The van der Waals surface area contributed by atoms with Crippen LogP contribution >= 0.6 is 11.3 Å². The highest BCUT2D eigenvalue weighted by Gasteiger charge is 2.26. The Balaban J connectivity index is 1.50. The lowest BCUT2D eigenvalue weighted by molar-refractivity contribution is -0.127. The van der Waals surface area contributed by atoms with E-state index in [0.29, 0.717) is 24.6 Å². The second kappa shape index (κ2) is 8.45. The number of aromatic nitrogens is 4. The zero-order chi connectivity index (χ0) is 19.3. The molecule has 2 aromatic heterocycles. The molecule has 28 heavy (non-hydrogen) atoms. The smallest absolute Gasteiger partial charge is 0.272 e. The Labute approximate surface area is 167 Å². The maximum atomic E-state index is 13.3. The van der Waals surface area contributed by atoms with E-state index < -0.39 is 0 Å². The quantitative estimate of drug-likeness (QED) is 0.622. The number of nitrogens with zero attached hydrogens (tertiary/aromatic N) is 6. The molecule has 0 atom stereocenters. The Hall–Kier alpha value is -2.84. The van der Waals surface area contributed by atoms with Crippen LogP contribution in [0.5, 0.6) is 0 Å². The first kappa shape index (κ1) is 18.5. The molecule has 7 nitrogen and oxygen atoms in total. The number of carbonyl (C=O) groups is 1. The van der Waals surface area contributed by atoms with Gasteiger partial charge in [-0.3, -0.25) is 9.69 Å². The van der Waals surface area contributed by atoms with Crippen molar-refractivity contribution >= 4 is 29.0 Å². The fourth-order valence-corrected chi connectivity index (χ4v) is 4.02. The van der Waals surface area contributed by atoms with E-state index in [1.807, 2.05) is 41.3 Å². The van der Waals surface area contributed by atoms with Crippen molar-refractivity contribution in [3.8, 4) is 0 Å². The van der Waals surface area contributed by atoms with E-state index in [0.717, 1.165) is 25.2 Å². The maximum absolute atomic E-state index is 13.3. The van der Waals surface area contributed by atoms with Crippen molar-refractivity contribution in [1.29, 1.82) is 0 Å². The lowest BCUT2D eigenvalue weighted by Gasteiger charge is -2.34. The van der Waals surface area contributed by atoms with Crippen molar-refractivity contribution in [1.82, 2.24) is 30.0 Å². The van der Waals surface area contributed by atoms with Crippen molar-refractivity contribution in [2.45, 2.75) is 13.5 Å². The highest BCUT2D eigenvalue weighted by molar-refractivity contribution is 7.09. The number of thiophene rings is 1. The minimum atomic E-state index is -0.0463. The summed E-state index contributed by atoms with van der Waals surface area (Å²) < 4.78 is 1.52. The van der Waals surface area contributed by atoms with Crippen LogP contribution < -0.4 is 0 Å². The third-order valence-corrected chi connectivity index (χ3v) is 5.66. The van der Waals surface area contributed by atoms with Crippen LogP contribution in [0.1, 0.15) is 16.3 Å². The van der Waals surface area contributed by atoms with Crippen molar-refractivity contribution in [2.75, 3.05) is 26.2 Å². The lowest BCUT2D eigenvalue weighted by Crippen LogP contribution is -2.48. The number of amides is 1. The molecular formula is C20H22N6OS. The lowest BCUT2D eigenvalue weighted by atomic mass is 10.1. The van der Waals surface area contributed by atoms with Gasteiger partial charge in [-0.2, -0.15) is 4.68 Å². The van der Waals surface area contributed by atoms with Crippen molar-refractivity contribution in [2.24, 2.45) is 0 Å². The zero-order valence-corrected chi connectivity index (χ0v) is 16.5. The van der Waals surface area contributed by atoms with E-state index in [1.54, 1.807) is 18.3 Å². The van der Waals surface area contributed by atoms with Gasteiger partial charge >= 0.3 is 0 Å². The summed E-state index contributed by atoms with van der Waals surface area (Å²) in [6.45, 7) is 5.84. The summed E-state index contributed by atoms with van der Waals surface area (Å²) in [4.78, 5) is 18.9. The summed E-state index contributed by atoms with van der Waals surface area (Å²) in [5, 5.41) is 13.8. The molecule has 0 radical (unpaired) electrons. The van der Waals surface area contributed by atoms with Crippen molar-refractivity contribution < 1.29 is 4.79 Å². The number of piperazine rings is 1. The molecule has 1 aliphatic heterocycles. The van der Waals surface area contributed by atoms with Crippen LogP contribution in [-0.2, 0) is 11.3 Å². The number of hydrogen-bond acceptors (Lipinski definition) is 6. The van der Waals surface area contributed by atoms with Crippen LogP contribution in [0.15, 0.2) is 47.8 Å². The van der Waals surface area contributed by atoms with Gasteiger partial charge in [-0.05, 0) is 40.4 Å². The molecule has 0 spiro atoms. The molecule has 3 aromatic rings. The van der Waals surface area contributed by atoms with Gasteiger partial charge in [0.2, 0.25) is 0 Å². The molecule has 3 heterocycles. The molecule has 0 aliphatic carbocycles. The fraction of sp³-hybridized carbons (Fsp3) is 0.300. The maximum Gasteiger partial charge on any atom is 0.272 e. The molecule has 144 valence electrons. The predicted molar refractivity (Wildman–Crippen MR) is 109 cm³/mol. The fourth-order valence-electron chi connectivity index (χ4n) is 3.27. The number of carbonyl (C=O) groups excluding carboxylic acids is 1. The van der Waals surface area contributed by atoms with Crippen LogP contribution in [0.2, 0.25) is 0 Å². The minimum Gasteiger partial charge on any atom is -0.335 e. The zero-order valence-electron chi connectivity index (χ0n) is 15.7. The van der Waals surface area contributed by atoms with Gasteiger partial charge in [-0.1, -0.05) is 36.4 Å². The molecule has 0 unspecified atom stereocenters. The Kier molecular flexibility index (Phi) is 5.59. The summed E-state index contributed by atoms with van der Waals surface area (Å²) in [6.07, 6.45) is 1.85. The van der Waals surface area contributed by atoms with Gasteiger partial charge in [0.1, 0.15) is 5.70 Å². The van der Waals surface area contributed by atoms with Crippen molar-refractivity contribution in [3.63, 3.8) is 0 Å². The molecule has 8 heteroatoms. The number of rotatable bonds is 5. The largest absolute Gasteiger partial charge is 0.335 e. The van der Waals surface area contributed by atoms with Crippen LogP contribution in [0, 0.1) is 6.92 Å². The Morgan fingerprint density at radius 1 is 1.11 bits per heavy atom. The van der Waals surface area contributed by atoms with E-state index in [-0.39, 0.29) is 5.91 Å². The molecule has 0 saturated carbocycles. The molecule has 4 rings (SSSR count). The van der Waals surface area contributed by atoms with Gasteiger partial charge in [0.05, 0.1) is 0 Å². The summed E-state index contributed by atoms with van der Waals surface area (Å²) >= 11 is 1.77. The van der Waals surface area contributed by atoms with Gasteiger partial charge in [0, 0.05) is 37.6 Å². The molecule has 1 aromatic carbocycles. The van der Waals surface area contributed by atoms with E-state index in [2.05, 4.69) is 37.9 Å². The Morgan fingerprint density at radius 2 is 1.89 bits per heavy atom. The van der Waals surface area contributed by atoms with Gasteiger partial charge in [0.15, 0.2) is 5.82 Å². The topological polar surface area (TPSA) is 67.2 Å². The third kappa shape index (κ3) is 4.18. The van der Waals surface area contributed by atoms with Crippen molar-refractivity contribution in [3.05, 3.63) is 64.1 Å². The van der Waals surface area contributed by atoms with Gasteiger partial charge in [-0.25, -0.2) is 0 Å². The molecular weight excluding hydrogens is 372 g/mol.